The topological polar surface area (TPSA) is 43.1 Å². The highest BCUT2D eigenvalue weighted by molar-refractivity contribution is 5.79. The van der Waals surface area contributed by atoms with E-state index < -0.39 is 0 Å². The van der Waals surface area contributed by atoms with Gasteiger partial charge < -0.3 is 4.42 Å². The van der Waals surface area contributed by atoms with Gasteiger partial charge in [-0.25, -0.2) is 4.79 Å². The lowest BCUT2D eigenvalue weighted by atomic mass is 10.1. The minimum Gasteiger partial charge on any atom is -0.427 e. The number of nitrogens with zero attached hydrogens (tertiary/aromatic N) is 1. The second-order valence-corrected chi connectivity index (χ2v) is 3.57. The summed E-state index contributed by atoms with van der Waals surface area (Å²) in [5, 5.41) is 1.46. The average molecular weight is 203 g/mol. The molecule has 2 aromatic heterocycles. The minimum absolute atomic E-state index is 0.263. The number of fused-ring (bicyclic) bond motifs is 1. The third-order valence-corrected chi connectivity index (χ3v) is 2.39. The normalized spacial score (nSPS) is 10.7. The molecule has 0 spiro atoms. The van der Waals surface area contributed by atoms with Gasteiger partial charge in [-0.2, -0.15) is 0 Å². The van der Waals surface area contributed by atoms with Crippen LogP contribution in [0.4, 0.5) is 0 Å². The molecular formula is C12H13NO2. The summed E-state index contributed by atoms with van der Waals surface area (Å²) in [5.74, 6) is 0.752. The van der Waals surface area contributed by atoms with Crippen LogP contribution in [0.5, 0.6) is 0 Å². The predicted octanol–water partition coefficient (Wildman–Crippen LogP) is 2.53. The highest BCUT2D eigenvalue weighted by Crippen LogP contribution is 2.11. The van der Waals surface area contributed by atoms with Crippen molar-refractivity contribution in [2.24, 2.45) is 0 Å². The zero-order valence-corrected chi connectivity index (χ0v) is 8.69. The molecule has 0 N–H and O–H groups in total. The van der Waals surface area contributed by atoms with E-state index in [4.69, 9.17) is 4.42 Å². The molecule has 0 aliphatic heterocycles. The molecule has 0 unspecified atom stereocenters. The van der Waals surface area contributed by atoms with E-state index in [0.29, 0.717) is 5.39 Å². The first kappa shape index (κ1) is 9.90. The molecule has 0 atom stereocenters. The van der Waals surface area contributed by atoms with Gasteiger partial charge in [0, 0.05) is 24.2 Å². The third-order valence-electron chi connectivity index (χ3n) is 2.39. The summed E-state index contributed by atoms with van der Waals surface area (Å²) < 4.78 is 5.21. The van der Waals surface area contributed by atoms with Crippen LogP contribution in [0.2, 0.25) is 0 Å². The number of unbranched alkanes of at least 4 members (excludes halogenated alkanes) is 1. The van der Waals surface area contributed by atoms with E-state index >= 15 is 0 Å². The molecule has 0 bridgehead atoms. The quantitative estimate of drug-likeness (QED) is 0.769. The zero-order chi connectivity index (χ0) is 10.7. The number of hydrogen-bond donors (Lipinski definition) is 0. The Balaban J connectivity index is 2.48. The second-order valence-electron chi connectivity index (χ2n) is 3.57. The van der Waals surface area contributed by atoms with Crippen LogP contribution in [0, 0.1) is 0 Å². The number of pyridine rings is 1. The molecule has 0 saturated carbocycles. The molecule has 2 aromatic rings. The summed E-state index contributed by atoms with van der Waals surface area (Å²) >= 11 is 0. The van der Waals surface area contributed by atoms with Crippen molar-refractivity contribution in [1.29, 1.82) is 0 Å². The maximum absolute atomic E-state index is 11.6. The van der Waals surface area contributed by atoms with E-state index in [9.17, 15) is 4.79 Å². The fourth-order valence-electron chi connectivity index (χ4n) is 1.56. The van der Waals surface area contributed by atoms with Crippen molar-refractivity contribution >= 4 is 10.8 Å². The highest BCUT2D eigenvalue weighted by Gasteiger charge is 2.03. The van der Waals surface area contributed by atoms with E-state index in [1.165, 1.54) is 0 Å². The number of rotatable bonds is 3. The molecule has 0 saturated heterocycles. The van der Waals surface area contributed by atoms with Crippen molar-refractivity contribution in [3.05, 3.63) is 40.7 Å². The Morgan fingerprint density at radius 1 is 1.47 bits per heavy atom. The molecule has 0 aromatic carbocycles. The maximum Gasteiger partial charge on any atom is 0.343 e. The smallest absolute Gasteiger partial charge is 0.343 e. The molecular weight excluding hydrogens is 190 g/mol. The Kier molecular flexibility index (Phi) is 2.81. The first-order valence-electron chi connectivity index (χ1n) is 5.18. The highest BCUT2D eigenvalue weighted by atomic mass is 16.4. The Hall–Kier alpha value is -1.64. The number of aromatic nitrogens is 1. The molecule has 78 valence electrons. The van der Waals surface area contributed by atoms with Crippen molar-refractivity contribution in [1.82, 2.24) is 4.98 Å². The van der Waals surface area contributed by atoms with Crippen LogP contribution in [0.1, 0.15) is 25.5 Å². The summed E-state index contributed by atoms with van der Waals surface area (Å²) in [6, 6.07) is 3.59. The van der Waals surface area contributed by atoms with Gasteiger partial charge in [-0.05, 0) is 18.6 Å². The molecule has 0 aliphatic carbocycles. The van der Waals surface area contributed by atoms with Gasteiger partial charge in [0.25, 0.3) is 0 Å². The van der Waals surface area contributed by atoms with Crippen LogP contribution in [0.15, 0.2) is 33.7 Å². The number of hydrogen-bond acceptors (Lipinski definition) is 3. The van der Waals surface area contributed by atoms with E-state index in [-0.39, 0.29) is 5.63 Å². The van der Waals surface area contributed by atoms with Crippen molar-refractivity contribution in [3.8, 4) is 0 Å². The van der Waals surface area contributed by atoms with Crippen LogP contribution in [-0.4, -0.2) is 4.98 Å². The summed E-state index contributed by atoms with van der Waals surface area (Å²) in [7, 11) is 0. The Morgan fingerprint density at radius 3 is 3.13 bits per heavy atom. The molecule has 2 rings (SSSR count). The molecule has 0 radical (unpaired) electrons. The Morgan fingerprint density at radius 2 is 2.33 bits per heavy atom. The Labute approximate surface area is 87.8 Å². The van der Waals surface area contributed by atoms with Crippen molar-refractivity contribution in [2.75, 3.05) is 0 Å². The molecule has 2 heterocycles. The minimum atomic E-state index is -0.263. The van der Waals surface area contributed by atoms with E-state index in [2.05, 4.69) is 11.9 Å². The lowest BCUT2D eigenvalue weighted by molar-refractivity contribution is 0.460. The third kappa shape index (κ3) is 2.06. The van der Waals surface area contributed by atoms with E-state index in [0.717, 1.165) is 30.4 Å². The van der Waals surface area contributed by atoms with Gasteiger partial charge in [-0.1, -0.05) is 13.3 Å². The molecule has 15 heavy (non-hydrogen) atoms. The molecule has 3 nitrogen and oxygen atoms in total. The van der Waals surface area contributed by atoms with Gasteiger partial charge in [0.1, 0.15) is 5.76 Å². The lowest BCUT2D eigenvalue weighted by Gasteiger charge is -2.00. The van der Waals surface area contributed by atoms with E-state index in [1.54, 1.807) is 18.5 Å². The fourth-order valence-corrected chi connectivity index (χ4v) is 1.56. The van der Waals surface area contributed by atoms with Crippen LogP contribution in [0.25, 0.3) is 10.8 Å². The SMILES string of the molecule is CCCCc1cc2cnccc2c(=O)o1. The maximum atomic E-state index is 11.6. The van der Waals surface area contributed by atoms with Gasteiger partial charge in [0.2, 0.25) is 0 Å². The monoisotopic (exact) mass is 203 g/mol. The largest absolute Gasteiger partial charge is 0.427 e. The Bertz CT molecular complexity index is 516. The van der Waals surface area contributed by atoms with Gasteiger partial charge in [-0.15, -0.1) is 0 Å². The zero-order valence-electron chi connectivity index (χ0n) is 8.69. The predicted molar refractivity (Wildman–Crippen MR) is 58.9 cm³/mol. The summed E-state index contributed by atoms with van der Waals surface area (Å²) in [6.07, 6.45) is 6.24. The summed E-state index contributed by atoms with van der Waals surface area (Å²) in [4.78, 5) is 15.6. The first-order valence-corrected chi connectivity index (χ1v) is 5.18. The van der Waals surface area contributed by atoms with Gasteiger partial charge in [0.15, 0.2) is 0 Å². The fraction of sp³-hybridized carbons (Fsp3) is 0.333. The van der Waals surface area contributed by atoms with Crippen LogP contribution >= 0.6 is 0 Å². The summed E-state index contributed by atoms with van der Waals surface area (Å²) in [6.45, 7) is 2.11. The van der Waals surface area contributed by atoms with Crippen LogP contribution in [-0.2, 0) is 6.42 Å². The van der Waals surface area contributed by atoms with Crippen molar-refractivity contribution in [3.63, 3.8) is 0 Å². The molecule has 3 heteroatoms. The summed E-state index contributed by atoms with van der Waals surface area (Å²) in [5.41, 5.74) is -0.263. The second kappa shape index (κ2) is 4.26. The molecule has 0 amide bonds. The van der Waals surface area contributed by atoms with E-state index in [1.807, 2.05) is 6.07 Å². The average Bonchev–Trinajstić information content (AvgIpc) is 2.26. The van der Waals surface area contributed by atoms with Crippen molar-refractivity contribution < 1.29 is 4.42 Å². The first-order chi connectivity index (χ1) is 7.31. The lowest BCUT2D eigenvalue weighted by Crippen LogP contribution is -2.02. The number of aryl methyl sites for hydroxylation is 1. The van der Waals surface area contributed by atoms with Gasteiger partial charge in [0.05, 0.1) is 5.39 Å². The van der Waals surface area contributed by atoms with Gasteiger partial charge >= 0.3 is 5.63 Å². The molecule has 0 aliphatic rings. The standard InChI is InChI=1S/C12H13NO2/c1-2-3-4-10-7-9-8-13-6-5-11(9)12(14)15-10/h5-8H,2-4H2,1H3. The van der Waals surface area contributed by atoms with Crippen LogP contribution in [0.3, 0.4) is 0 Å². The van der Waals surface area contributed by atoms with Crippen molar-refractivity contribution in [2.45, 2.75) is 26.2 Å². The molecule has 0 fully saturated rings. The van der Waals surface area contributed by atoms with Gasteiger partial charge in [-0.3, -0.25) is 4.98 Å². The van der Waals surface area contributed by atoms with Crippen LogP contribution < -0.4 is 5.63 Å².